The van der Waals surface area contributed by atoms with E-state index in [0.717, 1.165) is 6.07 Å². The summed E-state index contributed by atoms with van der Waals surface area (Å²) in [6.45, 7) is 0.773. The van der Waals surface area contributed by atoms with Crippen LogP contribution in [0.3, 0.4) is 0 Å². The number of hydrogen-bond donors (Lipinski definition) is 1. The van der Waals surface area contributed by atoms with Gasteiger partial charge in [-0.1, -0.05) is 0 Å². The SMILES string of the molecule is COc1ccc(C(=O)[C@H]2CCCN(C(=O)CCCS(N)(=O)=O)C2)cc1F. The summed E-state index contributed by atoms with van der Waals surface area (Å²) >= 11 is 0. The van der Waals surface area contributed by atoms with E-state index in [0.29, 0.717) is 19.4 Å². The van der Waals surface area contributed by atoms with Crippen LogP contribution in [-0.2, 0) is 14.8 Å². The van der Waals surface area contributed by atoms with Crippen LogP contribution >= 0.6 is 0 Å². The Hall–Kier alpha value is -2.00. The smallest absolute Gasteiger partial charge is 0.222 e. The van der Waals surface area contributed by atoms with Crippen LogP contribution in [0.25, 0.3) is 0 Å². The highest BCUT2D eigenvalue weighted by Crippen LogP contribution is 2.24. The number of sulfonamides is 1. The van der Waals surface area contributed by atoms with Crippen LogP contribution in [0, 0.1) is 11.7 Å². The van der Waals surface area contributed by atoms with Gasteiger partial charge in [-0.3, -0.25) is 9.59 Å². The van der Waals surface area contributed by atoms with Crippen LogP contribution in [0.1, 0.15) is 36.0 Å². The van der Waals surface area contributed by atoms with Gasteiger partial charge in [0.1, 0.15) is 0 Å². The van der Waals surface area contributed by atoms with Crippen LogP contribution in [0.2, 0.25) is 0 Å². The number of benzene rings is 1. The summed E-state index contributed by atoms with van der Waals surface area (Å²) in [5.41, 5.74) is 0.247. The monoisotopic (exact) mass is 386 g/mol. The number of methoxy groups -OCH3 is 1. The second kappa shape index (κ2) is 8.59. The van der Waals surface area contributed by atoms with E-state index in [2.05, 4.69) is 0 Å². The zero-order chi connectivity index (χ0) is 19.3. The molecule has 0 spiro atoms. The van der Waals surface area contributed by atoms with Crippen molar-refractivity contribution >= 4 is 21.7 Å². The number of primary sulfonamides is 1. The van der Waals surface area contributed by atoms with Gasteiger partial charge in [-0.2, -0.15) is 0 Å². The van der Waals surface area contributed by atoms with E-state index < -0.39 is 21.8 Å². The van der Waals surface area contributed by atoms with E-state index >= 15 is 0 Å². The lowest BCUT2D eigenvalue weighted by atomic mass is 9.89. The number of carbonyl (C=O) groups is 2. The van der Waals surface area contributed by atoms with Crippen molar-refractivity contribution < 1.29 is 27.1 Å². The number of halogens is 1. The van der Waals surface area contributed by atoms with Gasteiger partial charge in [-0.15, -0.1) is 0 Å². The molecule has 7 nitrogen and oxygen atoms in total. The number of nitrogens with zero attached hydrogens (tertiary/aromatic N) is 1. The zero-order valence-corrected chi connectivity index (χ0v) is 15.4. The van der Waals surface area contributed by atoms with Crippen molar-refractivity contribution in [1.82, 2.24) is 4.90 Å². The quantitative estimate of drug-likeness (QED) is 0.712. The number of Topliss-reactive ketones (excluding diaryl/α,β-unsaturated/α-hetero) is 1. The van der Waals surface area contributed by atoms with E-state index in [-0.39, 0.29) is 48.1 Å². The molecule has 2 N–H and O–H groups in total. The van der Waals surface area contributed by atoms with Crippen LogP contribution < -0.4 is 9.88 Å². The minimum absolute atomic E-state index is 0.0640. The van der Waals surface area contributed by atoms with E-state index in [1.807, 2.05) is 0 Å². The lowest BCUT2D eigenvalue weighted by molar-refractivity contribution is -0.132. The molecule has 0 aliphatic carbocycles. The predicted octanol–water partition coefficient (Wildman–Crippen LogP) is 1.32. The normalized spacial score (nSPS) is 17.8. The Morgan fingerprint density at radius 2 is 2.12 bits per heavy atom. The van der Waals surface area contributed by atoms with Crippen molar-refractivity contribution in [2.24, 2.45) is 11.1 Å². The second-order valence-electron chi connectivity index (χ2n) is 6.36. The number of ketones is 1. The highest BCUT2D eigenvalue weighted by Gasteiger charge is 2.29. The van der Waals surface area contributed by atoms with Crippen molar-refractivity contribution in [2.45, 2.75) is 25.7 Å². The van der Waals surface area contributed by atoms with Crippen LogP contribution in [-0.4, -0.2) is 51.0 Å². The largest absolute Gasteiger partial charge is 0.494 e. The maximum absolute atomic E-state index is 13.8. The fourth-order valence-corrected chi connectivity index (χ4v) is 3.60. The molecule has 0 saturated carbocycles. The third-order valence-corrected chi connectivity index (χ3v) is 5.26. The molecule has 1 aliphatic rings. The molecule has 1 aromatic carbocycles. The summed E-state index contributed by atoms with van der Waals surface area (Å²) in [5.74, 6) is -1.61. The average molecular weight is 386 g/mol. The van der Waals surface area contributed by atoms with Gasteiger partial charge >= 0.3 is 0 Å². The van der Waals surface area contributed by atoms with Gasteiger partial charge in [0, 0.05) is 31.0 Å². The zero-order valence-electron chi connectivity index (χ0n) is 14.6. The van der Waals surface area contributed by atoms with Crippen molar-refractivity contribution in [2.75, 3.05) is 26.0 Å². The number of nitrogens with two attached hydrogens (primary N) is 1. The summed E-state index contributed by atoms with van der Waals surface area (Å²) in [7, 11) is -2.24. The molecule has 1 saturated heterocycles. The number of rotatable bonds is 7. The van der Waals surface area contributed by atoms with Crippen molar-refractivity contribution in [3.63, 3.8) is 0 Å². The molecular weight excluding hydrogens is 363 g/mol. The molecule has 1 amide bonds. The molecule has 1 fully saturated rings. The highest BCUT2D eigenvalue weighted by molar-refractivity contribution is 7.89. The van der Waals surface area contributed by atoms with E-state index in [1.54, 1.807) is 4.90 Å². The maximum Gasteiger partial charge on any atom is 0.222 e. The van der Waals surface area contributed by atoms with Crippen LogP contribution in [0.5, 0.6) is 5.75 Å². The van der Waals surface area contributed by atoms with Gasteiger partial charge in [0.25, 0.3) is 0 Å². The molecule has 26 heavy (non-hydrogen) atoms. The summed E-state index contributed by atoms with van der Waals surface area (Å²) in [4.78, 5) is 26.4. The molecule has 1 aliphatic heterocycles. The molecule has 1 atom stereocenters. The molecule has 0 radical (unpaired) electrons. The van der Waals surface area contributed by atoms with E-state index in [9.17, 15) is 22.4 Å². The Morgan fingerprint density at radius 1 is 1.38 bits per heavy atom. The average Bonchev–Trinajstić information content (AvgIpc) is 2.60. The Labute approximate surface area is 152 Å². The topological polar surface area (TPSA) is 107 Å². The molecule has 144 valence electrons. The number of hydrogen-bond acceptors (Lipinski definition) is 5. The Balaban J connectivity index is 1.97. The molecule has 1 aromatic rings. The fourth-order valence-electron chi connectivity index (χ4n) is 3.06. The van der Waals surface area contributed by atoms with Gasteiger partial charge in [-0.25, -0.2) is 17.9 Å². The number of ether oxygens (including phenoxy) is 1. The second-order valence-corrected chi connectivity index (χ2v) is 8.10. The highest BCUT2D eigenvalue weighted by atomic mass is 32.2. The molecule has 0 bridgehead atoms. The molecular formula is C17H23FN2O5S. The Bertz CT molecular complexity index is 781. The minimum Gasteiger partial charge on any atom is -0.494 e. The Kier molecular flexibility index (Phi) is 6.71. The van der Waals surface area contributed by atoms with Crippen molar-refractivity contribution in [1.29, 1.82) is 0 Å². The molecule has 9 heteroatoms. The van der Waals surface area contributed by atoms with E-state index in [1.165, 1.54) is 19.2 Å². The van der Waals surface area contributed by atoms with Crippen molar-refractivity contribution in [3.05, 3.63) is 29.6 Å². The van der Waals surface area contributed by atoms with Gasteiger partial charge in [-0.05, 0) is 37.5 Å². The predicted molar refractivity (Wildman–Crippen MR) is 93.8 cm³/mol. The van der Waals surface area contributed by atoms with Gasteiger partial charge in [0.2, 0.25) is 15.9 Å². The summed E-state index contributed by atoms with van der Waals surface area (Å²) in [6.07, 6.45) is 1.49. The summed E-state index contributed by atoms with van der Waals surface area (Å²) in [5, 5.41) is 4.92. The number of carbonyl (C=O) groups excluding carboxylic acids is 2. The number of amides is 1. The Morgan fingerprint density at radius 3 is 2.73 bits per heavy atom. The molecule has 1 heterocycles. The van der Waals surface area contributed by atoms with Gasteiger partial charge in [0.15, 0.2) is 17.3 Å². The third kappa shape index (κ3) is 5.50. The lowest BCUT2D eigenvalue weighted by Crippen LogP contribution is -2.42. The molecule has 0 unspecified atom stereocenters. The van der Waals surface area contributed by atoms with Crippen LogP contribution in [0.15, 0.2) is 18.2 Å². The first-order valence-corrected chi connectivity index (χ1v) is 10.1. The molecule has 2 rings (SSSR count). The van der Waals surface area contributed by atoms with Crippen molar-refractivity contribution in [3.8, 4) is 5.75 Å². The lowest BCUT2D eigenvalue weighted by Gasteiger charge is -2.32. The maximum atomic E-state index is 13.8. The van der Waals surface area contributed by atoms with Gasteiger partial charge in [0.05, 0.1) is 12.9 Å². The standard InChI is InChI=1S/C17H23FN2O5S/c1-25-15-7-6-12(10-14(15)18)17(22)13-4-2-8-20(11-13)16(21)5-3-9-26(19,23)24/h6-7,10,13H,2-5,8-9,11H2,1H3,(H2,19,23,24)/t13-/m0/s1. The molecule has 0 aromatic heterocycles. The first-order valence-electron chi connectivity index (χ1n) is 8.37. The number of piperidine rings is 1. The number of likely N-dealkylation sites (tertiary alicyclic amines) is 1. The van der Waals surface area contributed by atoms with Crippen LogP contribution in [0.4, 0.5) is 4.39 Å². The first-order chi connectivity index (χ1) is 12.2. The fraction of sp³-hybridized carbons (Fsp3) is 0.529. The first kappa shape index (κ1) is 20.3. The van der Waals surface area contributed by atoms with E-state index in [4.69, 9.17) is 9.88 Å². The van der Waals surface area contributed by atoms with Gasteiger partial charge < -0.3 is 9.64 Å². The third-order valence-electron chi connectivity index (χ3n) is 4.40. The minimum atomic E-state index is -3.59. The summed E-state index contributed by atoms with van der Waals surface area (Å²) < 4.78 is 40.5. The summed E-state index contributed by atoms with van der Waals surface area (Å²) in [6, 6.07) is 4.06.